The van der Waals surface area contributed by atoms with Crippen molar-refractivity contribution in [1.29, 1.82) is 0 Å². The first kappa shape index (κ1) is 17.9. The molecule has 0 aromatic carbocycles. The van der Waals surface area contributed by atoms with Crippen molar-refractivity contribution in [3.8, 4) is 0 Å². The lowest BCUT2D eigenvalue weighted by Crippen LogP contribution is -2.55. The van der Waals surface area contributed by atoms with Crippen molar-refractivity contribution in [1.82, 2.24) is 0 Å². The lowest BCUT2D eigenvalue weighted by atomic mass is 9.58. The first-order valence-electron chi connectivity index (χ1n) is 7.80. The lowest BCUT2D eigenvalue weighted by Gasteiger charge is -2.43. The van der Waals surface area contributed by atoms with E-state index in [0.29, 0.717) is 0 Å². The summed E-state index contributed by atoms with van der Waals surface area (Å²) in [5, 5.41) is 0. The molecule has 1 aliphatic rings. The van der Waals surface area contributed by atoms with E-state index in [4.69, 9.17) is 4.74 Å². The fraction of sp³-hybridized carbons (Fsp3) is 0.824. The first-order valence-corrected chi connectivity index (χ1v) is 7.80. The number of hydrogen-bond donors (Lipinski definition) is 0. The fourth-order valence-corrected chi connectivity index (χ4v) is 3.76. The molecule has 0 amide bonds. The molecule has 1 fully saturated rings. The number of Topliss-reactive ketones (excluding diaryl/α,β-unsaturated/α-hetero) is 2. The number of ether oxygens (including phenoxy) is 1. The standard InChI is InChI=1S/C17H28O4/c1-8(2)11-12(9(3)4)15(18)13(10(5)6)16(19)14(11)17(20)21-7/h8-14H,1-7H3. The molecule has 0 saturated heterocycles. The highest BCUT2D eigenvalue weighted by Gasteiger charge is 2.54. The number of carbonyl (C=O) groups is 3. The van der Waals surface area contributed by atoms with E-state index in [9.17, 15) is 14.4 Å². The molecule has 0 heterocycles. The molecule has 0 radical (unpaired) electrons. The molecule has 21 heavy (non-hydrogen) atoms. The van der Waals surface area contributed by atoms with Crippen molar-refractivity contribution in [2.75, 3.05) is 7.11 Å². The van der Waals surface area contributed by atoms with Crippen LogP contribution in [0.25, 0.3) is 0 Å². The Morgan fingerprint density at radius 1 is 0.905 bits per heavy atom. The Balaban J connectivity index is 3.40. The highest BCUT2D eigenvalue weighted by Crippen LogP contribution is 2.43. The average molecular weight is 296 g/mol. The van der Waals surface area contributed by atoms with Crippen LogP contribution in [0.2, 0.25) is 0 Å². The summed E-state index contributed by atoms with van der Waals surface area (Å²) in [7, 11) is 1.30. The molecule has 4 atom stereocenters. The largest absolute Gasteiger partial charge is 0.468 e. The van der Waals surface area contributed by atoms with Gasteiger partial charge in [0.1, 0.15) is 11.7 Å². The number of rotatable bonds is 4. The maximum atomic E-state index is 12.8. The van der Waals surface area contributed by atoms with Gasteiger partial charge in [0.2, 0.25) is 0 Å². The summed E-state index contributed by atoms with van der Waals surface area (Å²) < 4.78 is 4.86. The van der Waals surface area contributed by atoms with E-state index in [0.717, 1.165) is 0 Å². The fourth-order valence-electron chi connectivity index (χ4n) is 3.76. The van der Waals surface area contributed by atoms with E-state index in [2.05, 4.69) is 0 Å². The SMILES string of the molecule is COC(=O)C1C(=O)C(C(C)C)C(=O)C(C(C)C)C1C(C)C. The topological polar surface area (TPSA) is 60.4 Å². The van der Waals surface area contributed by atoms with Crippen molar-refractivity contribution in [3.05, 3.63) is 0 Å². The summed E-state index contributed by atoms with van der Waals surface area (Å²) in [6.45, 7) is 11.6. The zero-order valence-electron chi connectivity index (χ0n) is 14.2. The van der Waals surface area contributed by atoms with Crippen LogP contribution < -0.4 is 0 Å². The maximum Gasteiger partial charge on any atom is 0.316 e. The quantitative estimate of drug-likeness (QED) is 0.591. The van der Waals surface area contributed by atoms with Crippen molar-refractivity contribution < 1.29 is 19.1 Å². The summed E-state index contributed by atoms with van der Waals surface area (Å²) in [5.74, 6) is -2.69. The molecule has 0 N–H and O–H groups in total. The second kappa shape index (κ2) is 6.71. The zero-order chi connectivity index (χ0) is 16.5. The van der Waals surface area contributed by atoms with Gasteiger partial charge in [0, 0.05) is 5.92 Å². The van der Waals surface area contributed by atoms with Crippen molar-refractivity contribution in [3.63, 3.8) is 0 Å². The van der Waals surface area contributed by atoms with Gasteiger partial charge in [0.25, 0.3) is 0 Å². The molecule has 1 aliphatic carbocycles. The predicted octanol–water partition coefficient (Wildman–Crippen LogP) is 2.74. The summed E-state index contributed by atoms with van der Waals surface area (Å²) in [6, 6.07) is 0. The monoisotopic (exact) mass is 296 g/mol. The second-order valence-electron chi connectivity index (χ2n) is 7.12. The Bertz CT molecular complexity index is 423. The molecule has 4 unspecified atom stereocenters. The number of hydrogen-bond acceptors (Lipinski definition) is 4. The molecule has 1 rings (SSSR count). The third-order valence-electron chi connectivity index (χ3n) is 4.66. The normalized spacial score (nSPS) is 30.4. The Hall–Kier alpha value is -1.19. The molecule has 0 aromatic heterocycles. The van der Waals surface area contributed by atoms with Gasteiger partial charge in [-0.3, -0.25) is 14.4 Å². The van der Waals surface area contributed by atoms with Crippen LogP contribution in [-0.4, -0.2) is 24.6 Å². The van der Waals surface area contributed by atoms with Crippen LogP contribution in [0.3, 0.4) is 0 Å². The van der Waals surface area contributed by atoms with E-state index in [1.165, 1.54) is 7.11 Å². The van der Waals surface area contributed by atoms with E-state index >= 15 is 0 Å². The van der Waals surface area contributed by atoms with Gasteiger partial charge in [-0.1, -0.05) is 41.5 Å². The Labute approximate surface area is 127 Å². The first-order chi connectivity index (χ1) is 9.64. The smallest absolute Gasteiger partial charge is 0.316 e. The number of carbonyl (C=O) groups excluding carboxylic acids is 3. The molecule has 4 heteroatoms. The van der Waals surface area contributed by atoms with E-state index in [1.807, 2.05) is 41.5 Å². The lowest BCUT2D eigenvalue weighted by molar-refractivity contribution is -0.163. The second-order valence-corrected chi connectivity index (χ2v) is 7.12. The summed E-state index contributed by atoms with van der Waals surface area (Å²) in [5.41, 5.74) is 0. The van der Waals surface area contributed by atoms with Gasteiger partial charge in [-0.15, -0.1) is 0 Å². The van der Waals surface area contributed by atoms with Gasteiger partial charge in [-0.05, 0) is 23.7 Å². The molecule has 120 valence electrons. The maximum absolute atomic E-state index is 12.8. The van der Waals surface area contributed by atoms with Gasteiger partial charge in [0.05, 0.1) is 13.0 Å². The third-order valence-corrected chi connectivity index (χ3v) is 4.66. The van der Waals surface area contributed by atoms with Crippen LogP contribution >= 0.6 is 0 Å². The minimum Gasteiger partial charge on any atom is -0.468 e. The van der Waals surface area contributed by atoms with Crippen LogP contribution in [0.1, 0.15) is 41.5 Å². The summed E-state index contributed by atoms with van der Waals surface area (Å²) in [4.78, 5) is 37.7. The molecular formula is C17H28O4. The highest BCUT2D eigenvalue weighted by atomic mass is 16.5. The van der Waals surface area contributed by atoms with Gasteiger partial charge in [-0.25, -0.2) is 0 Å². The van der Waals surface area contributed by atoms with Crippen molar-refractivity contribution in [2.24, 2.45) is 41.4 Å². The Kier molecular flexibility index (Phi) is 5.71. The van der Waals surface area contributed by atoms with Crippen LogP contribution in [-0.2, 0) is 19.1 Å². The summed E-state index contributed by atoms with van der Waals surface area (Å²) in [6.07, 6.45) is 0. The van der Waals surface area contributed by atoms with Gasteiger partial charge in [-0.2, -0.15) is 0 Å². The molecule has 4 nitrogen and oxygen atoms in total. The number of methoxy groups -OCH3 is 1. The third kappa shape index (κ3) is 3.19. The van der Waals surface area contributed by atoms with Crippen LogP contribution in [0, 0.1) is 41.4 Å². The van der Waals surface area contributed by atoms with E-state index < -0.39 is 17.8 Å². The van der Waals surface area contributed by atoms with Crippen LogP contribution in [0.4, 0.5) is 0 Å². The molecule has 0 bridgehead atoms. The Morgan fingerprint density at radius 3 is 1.76 bits per heavy atom. The minimum atomic E-state index is -0.813. The molecule has 0 aliphatic heterocycles. The van der Waals surface area contributed by atoms with Crippen molar-refractivity contribution >= 4 is 17.5 Å². The minimum absolute atomic E-state index is 0.00357. The highest BCUT2D eigenvalue weighted by molar-refractivity contribution is 6.13. The molecule has 0 aromatic rings. The Morgan fingerprint density at radius 2 is 1.43 bits per heavy atom. The van der Waals surface area contributed by atoms with Crippen molar-refractivity contribution in [2.45, 2.75) is 41.5 Å². The molecular weight excluding hydrogens is 268 g/mol. The van der Waals surface area contributed by atoms with Gasteiger partial charge >= 0.3 is 5.97 Å². The number of esters is 1. The number of ketones is 2. The van der Waals surface area contributed by atoms with Crippen LogP contribution in [0.15, 0.2) is 0 Å². The van der Waals surface area contributed by atoms with Gasteiger partial charge < -0.3 is 4.74 Å². The van der Waals surface area contributed by atoms with Crippen LogP contribution in [0.5, 0.6) is 0 Å². The molecule has 1 saturated carbocycles. The summed E-state index contributed by atoms with van der Waals surface area (Å²) >= 11 is 0. The average Bonchev–Trinajstić information content (AvgIpc) is 2.35. The van der Waals surface area contributed by atoms with E-state index in [-0.39, 0.29) is 41.2 Å². The predicted molar refractivity (Wildman–Crippen MR) is 80.5 cm³/mol. The zero-order valence-corrected chi connectivity index (χ0v) is 14.2. The molecule has 0 spiro atoms. The van der Waals surface area contributed by atoms with Gasteiger partial charge in [0.15, 0.2) is 5.78 Å². The van der Waals surface area contributed by atoms with E-state index in [1.54, 1.807) is 0 Å².